The van der Waals surface area contributed by atoms with E-state index in [2.05, 4.69) is 16.9 Å². The third-order valence-electron chi connectivity index (χ3n) is 4.78. The van der Waals surface area contributed by atoms with Crippen LogP contribution in [-0.2, 0) is 12.7 Å². The number of halogens is 3. The molecule has 0 bridgehead atoms. The minimum atomic E-state index is -4.60. The van der Waals surface area contributed by atoms with Crippen molar-refractivity contribution in [1.82, 2.24) is 9.78 Å². The molecule has 1 aromatic heterocycles. The molecule has 146 valence electrons. The van der Waals surface area contributed by atoms with Crippen LogP contribution in [0.1, 0.15) is 40.4 Å². The van der Waals surface area contributed by atoms with E-state index in [1.165, 1.54) is 12.1 Å². The number of benzene rings is 2. The van der Waals surface area contributed by atoms with Crippen molar-refractivity contribution in [2.24, 2.45) is 0 Å². The summed E-state index contributed by atoms with van der Waals surface area (Å²) in [4.78, 5) is 0. The molecule has 0 aliphatic rings. The van der Waals surface area contributed by atoms with Gasteiger partial charge in [0.25, 0.3) is 0 Å². The van der Waals surface area contributed by atoms with Crippen molar-refractivity contribution in [1.29, 1.82) is 5.26 Å². The Bertz CT molecular complexity index is 1150. The maximum Gasteiger partial charge on any atom is 0.417 e. The molecule has 6 heteroatoms. The van der Waals surface area contributed by atoms with Crippen LogP contribution in [0.15, 0.2) is 42.5 Å². The van der Waals surface area contributed by atoms with E-state index in [1.54, 1.807) is 17.7 Å². The molecule has 0 fully saturated rings. The fraction of sp³-hybridized carbons (Fsp3) is 0.217. The van der Waals surface area contributed by atoms with Gasteiger partial charge in [-0.2, -0.15) is 23.5 Å². The highest BCUT2D eigenvalue weighted by molar-refractivity contribution is 5.66. The molecule has 3 aromatic rings. The standard InChI is InChI=1S/C23H18F3N3/c1-4-5-17-6-8-18(9-7-17)14-29-16(3)15(2)22(28-29)19-10-11-20(13-27)21(12-19)23(24,25)26/h6-12H,14H2,1-3H3. The van der Waals surface area contributed by atoms with E-state index in [0.29, 0.717) is 17.8 Å². The van der Waals surface area contributed by atoms with Gasteiger partial charge in [-0.3, -0.25) is 4.68 Å². The van der Waals surface area contributed by atoms with Crippen LogP contribution in [0.5, 0.6) is 0 Å². The largest absolute Gasteiger partial charge is 0.417 e. The van der Waals surface area contributed by atoms with Gasteiger partial charge >= 0.3 is 6.18 Å². The molecule has 0 saturated carbocycles. The van der Waals surface area contributed by atoms with E-state index < -0.39 is 17.3 Å². The van der Waals surface area contributed by atoms with Crippen molar-refractivity contribution in [3.05, 3.63) is 76.0 Å². The number of hydrogen-bond donors (Lipinski definition) is 0. The first-order valence-electron chi connectivity index (χ1n) is 8.92. The Hall–Kier alpha value is -3.51. The number of nitriles is 1. The third kappa shape index (κ3) is 4.17. The molecule has 0 aliphatic carbocycles. The fourth-order valence-electron chi connectivity index (χ4n) is 3.10. The molecule has 3 rings (SSSR count). The van der Waals surface area contributed by atoms with Crippen molar-refractivity contribution >= 4 is 0 Å². The first-order valence-corrected chi connectivity index (χ1v) is 8.92. The van der Waals surface area contributed by atoms with E-state index in [0.717, 1.165) is 28.5 Å². The Labute approximate surface area is 167 Å². The van der Waals surface area contributed by atoms with Gasteiger partial charge in [-0.1, -0.05) is 24.1 Å². The summed E-state index contributed by atoms with van der Waals surface area (Å²) in [6, 6.07) is 13.1. The highest BCUT2D eigenvalue weighted by Crippen LogP contribution is 2.35. The summed E-state index contributed by atoms with van der Waals surface area (Å²) < 4.78 is 41.7. The number of alkyl halides is 3. The van der Waals surface area contributed by atoms with Gasteiger partial charge in [0.15, 0.2) is 0 Å². The summed E-state index contributed by atoms with van der Waals surface area (Å²) >= 11 is 0. The molecule has 0 unspecified atom stereocenters. The summed E-state index contributed by atoms with van der Waals surface area (Å²) in [5.74, 6) is 5.83. The lowest BCUT2D eigenvalue weighted by Crippen LogP contribution is -2.08. The van der Waals surface area contributed by atoms with E-state index in [1.807, 2.05) is 38.1 Å². The van der Waals surface area contributed by atoms with Crippen LogP contribution >= 0.6 is 0 Å². The second kappa shape index (κ2) is 7.85. The van der Waals surface area contributed by atoms with E-state index in [-0.39, 0.29) is 0 Å². The van der Waals surface area contributed by atoms with Crippen molar-refractivity contribution in [3.8, 4) is 29.2 Å². The molecule has 0 aliphatic heterocycles. The Morgan fingerprint density at radius 3 is 2.34 bits per heavy atom. The predicted molar refractivity (Wildman–Crippen MR) is 105 cm³/mol. The van der Waals surface area contributed by atoms with E-state index in [9.17, 15) is 13.2 Å². The smallest absolute Gasteiger partial charge is 0.265 e. The third-order valence-corrected chi connectivity index (χ3v) is 4.78. The topological polar surface area (TPSA) is 41.6 Å². The molecule has 0 atom stereocenters. The van der Waals surface area contributed by atoms with Gasteiger partial charge in [-0.25, -0.2) is 0 Å². The molecular weight excluding hydrogens is 375 g/mol. The average Bonchev–Trinajstić information content (AvgIpc) is 2.97. The minimum absolute atomic E-state index is 0.337. The van der Waals surface area contributed by atoms with Gasteiger partial charge < -0.3 is 0 Å². The van der Waals surface area contributed by atoms with Gasteiger partial charge in [-0.05, 0) is 56.2 Å². The quantitative estimate of drug-likeness (QED) is 0.553. The maximum absolute atomic E-state index is 13.3. The van der Waals surface area contributed by atoms with Crippen LogP contribution in [0.4, 0.5) is 13.2 Å². The molecule has 1 heterocycles. The van der Waals surface area contributed by atoms with Gasteiger partial charge in [0.05, 0.1) is 29.4 Å². The number of nitrogens with zero attached hydrogens (tertiary/aromatic N) is 3. The molecule has 0 N–H and O–H groups in total. The molecule has 29 heavy (non-hydrogen) atoms. The van der Waals surface area contributed by atoms with Crippen molar-refractivity contribution in [3.63, 3.8) is 0 Å². The van der Waals surface area contributed by atoms with Gasteiger partial charge in [0.1, 0.15) is 0 Å². The van der Waals surface area contributed by atoms with Crippen molar-refractivity contribution in [2.75, 3.05) is 0 Å². The first-order chi connectivity index (χ1) is 13.7. The molecule has 3 nitrogen and oxygen atoms in total. The molecule has 0 saturated heterocycles. The van der Waals surface area contributed by atoms with E-state index in [4.69, 9.17) is 5.26 Å². The van der Waals surface area contributed by atoms with Crippen molar-refractivity contribution < 1.29 is 13.2 Å². The summed E-state index contributed by atoms with van der Waals surface area (Å²) in [5, 5.41) is 13.5. The van der Waals surface area contributed by atoms with Gasteiger partial charge in [0, 0.05) is 16.8 Å². The first kappa shape index (κ1) is 20.2. The Morgan fingerprint density at radius 1 is 1.07 bits per heavy atom. The lowest BCUT2D eigenvalue weighted by atomic mass is 10.0. The summed E-state index contributed by atoms with van der Waals surface area (Å²) in [6.07, 6.45) is -4.60. The van der Waals surface area contributed by atoms with Crippen LogP contribution in [0.3, 0.4) is 0 Å². The van der Waals surface area contributed by atoms with Crippen LogP contribution in [0, 0.1) is 37.0 Å². The number of rotatable bonds is 3. The second-order valence-electron chi connectivity index (χ2n) is 6.66. The summed E-state index contributed by atoms with van der Waals surface area (Å²) in [5.41, 5.74) is 3.08. The molecule has 0 amide bonds. The molecule has 2 aromatic carbocycles. The van der Waals surface area contributed by atoms with E-state index >= 15 is 0 Å². The van der Waals surface area contributed by atoms with Crippen LogP contribution in [0.25, 0.3) is 11.3 Å². The van der Waals surface area contributed by atoms with Crippen LogP contribution < -0.4 is 0 Å². The summed E-state index contributed by atoms with van der Waals surface area (Å²) in [6.45, 7) is 5.99. The van der Waals surface area contributed by atoms with Crippen molar-refractivity contribution in [2.45, 2.75) is 33.5 Å². The average molecular weight is 393 g/mol. The maximum atomic E-state index is 13.3. The zero-order chi connectivity index (χ0) is 21.2. The second-order valence-corrected chi connectivity index (χ2v) is 6.66. The fourth-order valence-corrected chi connectivity index (χ4v) is 3.10. The zero-order valence-electron chi connectivity index (χ0n) is 16.2. The zero-order valence-corrected chi connectivity index (χ0v) is 16.2. The lowest BCUT2D eigenvalue weighted by molar-refractivity contribution is -0.137. The molecule has 0 radical (unpaired) electrons. The molecular formula is C23H18F3N3. The highest BCUT2D eigenvalue weighted by atomic mass is 19.4. The number of aromatic nitrogens is 2. The summed E-state index contributed by atoms with van der Waals surface area (Å²) in [7, 11) is 0. The highest BCUT2D eigenvalue weighted by Gasteiger charge is 2.34. The van der Waals surface area contributed by atoms with Gasteiger partial charge in [-0.15, -0.1) is 5.92 Å². The SMILES string of the molecule is CC#Cc1ccc(Cn2nc(-c3ccc(C#N)c(C(F)(F)F)c3)c(C)c2C)cc1. The Balaban J connectivity index is 1.99. The Kier molecular flexibility index (Phi) is 5.48. The number of hydrogen-bond acceptors (Lipinski definition) is 2. The lowest BCUT2D eigenvalue weighted by Gasteiger charge is -2.10. The normalized spacial score (nSPS) is 10.9. The minimum Gasteiger partial charge on any atom is -0.265 e. The molecule has 0 spiro atoms. The van der Waals surface area contributed by atoms with Crippen LogP contribution in [0.2, 0.25) is 0 Å². The monoisotopic (exact) mass is 393 g/mol. The predicted octanol–water partition coefficient (Wildman–Crippen LogP) is 5.48. The van der Waals surface area contributed by atoms with Gasteiger partial charge in [0.2, 0.25) is 0 Å². The van der Waals surface area contributed by atoms with Crippen LogP contribution in [-0.4, -0.2) is 9.78 Å². The Morgan fingerprint density at radius 2 is 1.76 bits per heavy atom.